The molecule has 0 aliphatic carbocycles. The average molecular weight is 271 g/mol. The van der Waals surface area contributed by atoms with Crippen molar-refractivity contribution in [2.75, 3.05) is 12.3 Å². The van der Waals surface area contributed by atoms with E-state index in [1.807, 2.05) is 48.5 Å². The zero-order valence-electron chi connectivity index (χ0n) is 12.0. The number of benzene rings is 2. The maximum absolute atomic E-state index is 5.92. The number of rotatable bonds is 6. The Morgan fingerprint density at radius 2 is 1.75 bits per heavy atom. The summed E-state index contributed by atoms with van der Waals surface area (Å²) < 4.78 is 11.5. The van der Waals surface area contributed by atoms with E-state index in [1.54, 1.807) is 0 Å². The third kappa shape index (κ3) is 4.19. The summed E-state index contributed by atoms with van der Waals surface area (Å²) >= 11 is 0. The summed E-state index contributed by atoms with van der Waals surface area (Å²) in [5.41, 5.74) is 6.55. The van der Waals surface area contributed by atoms with E-state index < -0.39 is 0 Å². The standard InChI is InChI=1S/C17H21NO2/c1-13(2)10-11-19-17-12-15(8-9-16(17)18)20-14-6-4-3-5-7-14/h3-9,12-13H,10-11,18H2,1-2H3. The van der Waals surface area contributed by atoms with Crippen LogP contribution in [-0.4, -0.2) is 6.61 Å². The Hall–Kier alpha value is -2.16. The maximum Gasteiger partial charge on any atom is 0.145 e. The number of hydrogen-bond donors (Lipinski definition) is 1. The predicted octanol–water partition coefficient (Wildman–Crippen LogP) is 4.49. The van der Waals surface area contributed by atoms with Crippen LogP contribution in [0.5, 0.6) is 17.2 Å². The first-order valence-electron chi connectivity index (χ1n) is 6.90. The molecule has 0 unspecified atom stereocenters. The van der Waals surface area contributed by atoms with Crippen molar-refractivity contribution in [1.29, 1.82) is 0 Å². The molecule has 0 aromatic heterocycles. The lowest BCUT2D eigenvalue weighted by Crippen LogP contribution is -2.03. The van der Waals surface area contributed by atoms with E-state index in [2.05, 4.69) is 13.8 Å². The molecule has 0 saturated heterocycles. The molecular formula is C17H21NO2. The van der Waals surface area contributed by atoms with Crippen LogP contribution in [-0.2, 0) is 0 Å². The summed E-state index contributed by atoms with van der Waals surface area (Å²) in [7, 11) is 0. The molecule has 20 heavy (non-hydrogen) atoms. The minimum absolute atomic E-state index is 0.611. The Kier molecular flexibility index (Phi) is 4.88. The summed E-state index contributed by atoms with van der Waals surface area (Å²) in [4.78, 5) is 0. The number of nitrogens with two attached hydrogens (primary N) is 1. The Labute approximate surface area is 120 Å². The quantitative estimate of drug-likeness (QED) is 0.787. The molecule has 3 heteroatoms. The van der Waals surface area contributed by atoms with E-state index >= 15 is 0 Å². The van der Waals surface area contributed by atoms with Crippen LogP contribution < -0.4 is 15.2 Å². The van der Waals surface area contributed by atoms with E-state index in [-0.39, 0.29) is 0 Å². The highest BCUT2D eigenvalue weighted by Gasteiger charge is 2.05. The van der Waals surface area contributed by atoms with Gasteiger partial charge in [0, 0.05) is 6.07 Å². The van der Waals surface area contributed by atoms with Crippen molar-refractivity contribution in [3.63, 3.8) is 0 Å². The Morgan fingerprint density at radius 3 is 2.45 bits per heavy atom. The van der Waals surface area contributed by atoms with Gasteiger partial charge in [0.05, 0.1) is 12.3 Å². The van der Waals surface area contributed by atoms with Gasteiger partial charge in [-0.3, -0.25) is 0 Å². The monoisotopic (exact) mass is 271 g/mol. The zero-order chi connectivity index (χ0) is 14.4. The van der Waals surface area contributed by atoms with Crippen molar-refractivity contribution in [3.8, 4) is 17.2 Å². The topological polar surface area (TPSA) is 44.5 Å². The molecule has 0 atom stereocenters. The molecule has 0 aliphatic rings. The van der Waals surface area contributed by atoms with Crippen LogP contribution >= 0.6 is 0 Å². The zero-order valence-corrected chi connectivity index (χ0v) is 12.0. The molecule has 0 amide bonds. The smallest absolute Gasteiger partial charge is 0.145 e. The molecule has 2 N–H and O–H groups in total. The minimum atomic E-state index is 0.611. The molecule has 0 fully saturated rings. The summed E-state index contributed by atoms with van der Waals surface area (Å²) in [6.45, 7) is 5.00. The molecule has 0 saturated carbocycles. The summed E-state index contributed by atoms with van der Waals surface area (Å²) in [5.74, 6) is 2.81. The van der Waals surface area contributed by atoms with Crippen LogP contribution in [0.4, 0.5) is 5.69 Å². The first-order valence-corrected chi connectivity index (χ1v) is 6.90. The predicted molar refractivity (Wildman–Crippen MR) is 82.3 cm³/mol. The van der Waals surface area contributed by atoms with Gasteiger partial charge in [0.25, 0.3) is 0 Å². The third-order valence-electron chi connectivity index (χ3n) is 2.92. The number of para-hydroxylation sites is 1. The van der Waals surface area contributed by atoms with Crippen molar-refractivity contribution >= 4 is 5.69 Å². The van der Waals surface area contributed by atoms with Crippen molar-refractivity contribution < 1.29 is 9.47 Å². The fourth-order valence-electron chi connectivity index (χ4n) is 1.73. The highest BCUT2D eigenvalue weighted by atomic mass is 16.5. The highest BCUT2D eigenvalue weighted by Crippen LogP contribution is 2.30. The average Bonchev–Trinajstić information content (AvgIpc) is 2.43. The van der Waals surface area contributed by atoms with Crippen LogP contribution in [0.25, 0.3) is 0 Å². The molecule has 2 aromatic rings. The molecule has 106 valence electrons. The largest absolute Gasteiger partial charge is 0.491 e. The molecule has 0 bridgehead atoms. The van der Waals surface area contributed by atoms with Crippen LogP contribution in [0, 0.1) is 5.92 Å². The first-order chi connectivity index (χ1) is 9.65. The van der Waals surface area contributed by atoms with Gasteiger partial charge in [-0.1, -0.05) is 32.0 Å². The molecule has 0 aliphatic heterocycles. The second-order valence-electron chi connectivity index (χ2n) is 5.15. The Bertz CT molecular complexity index is 538. The molecular weight excluding hydrogens is 250 g/mol. The van der Waals surface area contributed by atoms with Gasteiger partial charge < -0.3 is 15.2 Å². The van der Waals surface area contributed by atoms with Crippen molar-refractivity contribution in [2.24, 2.45) is 5.92 Å². The van der Waals surface area contributed by atoms with Crippen molar-refractivity contribution in [1.82, 2.24) is 0 Å². The molecule has 0 heterocycles. The number of ether oxygens (including phenoxy) is 2. The SMILES string of the molecule is CC(C)CCOc1cc(Oc2ccccc2)ccc1N. The van der Waals surface area contributed by atoms with Gasteiger partial charge in [0.1, 0.15) is 17.2 Å². The van der Waals surface area contributed by atoms with E-state index in [4.69, 9.17) is 15.2 Å². The van der Waals surface area contributed by atoms with Crippen molar-refractivity contribution in [2.45, 2.75) is 20.3 Å². The Balaban J connectivity index is 2.04. The number of nitrogen functional groups attached to an aromatic ring is 1. The second kappa shape index (κ2) is 6.85. The normalized spacial score (nSPS) is 10.6. The van der Waals surface area contributed by atoms with Gasteiger partial charge in [-0.25, -0.2) is 0 Å². The van der Waals surface area contributed by atoms with Crippen LogP contribution in [0.15, 0.2) is 48.5 Å². The number of hydrogen-bond acceptors (Lipinski definition) is 3. The van der Waals surface area contributed by atoms with Crippen LogP contribution in [0.3, 0.4) is 0 Å². The lowest BCUT2D eigenvalue weighted by molar-refractivity contribution is 0.290. The maximum atomic E-state index is 5.92. The van der Waals surface area contributed by atoms with E-state index in [0.29, 0.717) is 24.0 Å². The van der Waals surface area contributed by atoms with Crippen LogP contribution in [0.2, 0.25) is 0 Å². The summed E-state index contributed by atoms with van der Waals surface area (Å²) in [5, 5.41) is 0. The fourth-order valence-corrected chi connectivity index (χ4v) is 1.73. The summed E-state index contributed by atoms with van der Waals surface area (Å²) in [6.07, 6.45) is 1.00. The minimum Gasteiger partial charge on any atom is -0.491 e. The van der Waals surface area contributed by atoms with Gasteiger partial charge in [-0.15, -0.1) is 0 Å². The van der Waals surface area contributed by atoms with Gasteiger partial charge in [-0.2, -0.15) is 0 Å². The van der Waals surface area contributed by atoms with E-state index in [1.165, 1.54) is 0 Å². The van der Waals surface area contributed by atoms with E-state index in [9.17, 15) is 0 Å². The molecule has 0 spiro atoms. The summed E-state index contributed by atoms with van der Waals surface area (Å²) in [6, 6.07) is 15.1. The second-order valence-corrected chi connectivity index (χ2v) is 5.15. The molecule has 3 nitrogen and oxygen atoms in total. The number of anilines is 1. The molecule has 0 radical (unpaired) electrons. The van der Waals surface area contributed by atoms with Crippen LogP contribution in [0.1, 0.15) is 20.3 Å². The molecule has 2 rings (SSSR count). The van der Waals surface area contributed by atoms with Gasteiger partial charge in [0.2, 0.25) is 0 Å². The van der Waals surface area contributed by atoms with Gasteiger partial charge in [-0.05, 0) is 36.6 Å². The Morgan fingerprint density at radius 1 is 1.00 bits per heavy atom. The van der Waals surface area contributed by atoms with Gasteiger partial charge >= 0.3 is 0 Å². The lowest BCUT2D eigenvalue weighted by Gasteiger charge is -2.12. The van der Waals surface area contributed by atoms with Crippen molar-refractivity contribution in [3.05, 3.63) is 48.5 Å². The first kappa shape index (κ1) is 14.3. The lowest BCUT2D eigenvalue weighted by atomic mass is 10.1. The highest BCUT2D eigenvalue weighted by molar-refractivity contribution is 5.56. The fraction of sp³-hybridized carbons (Fsp3) is 0.294. The molecule has 2 aromatic carbocycles. The van der Waals surface area contributed by atoms with Gasteiger partial charge in [0.15, 0.2) is 0 Å². The third-order valence-corrected chi connectivity index (χ3v) is 2.92. The van der Waals surface area contributed by atoms with E-state index in [0.717, 1.165) is 17.9 Å².